The van der Waals surface area contributed by atoms with E-state index >= 15 is 0 Å². The van der Waals surface area contributed by atoms with Crippen LogP contribution in [0, 0.1) is 0 Å². The van der Waals surface area contributed by atoms with Crippen molar-refractivity contribution in [2.24, 2.45) is 0 Å². The zero-order valence-electron chi connectivity index (χ0n) is 10.8. The van der Waals surface area contributed by atoms with Gasteiger partial charge in [-0.2, -0.15) is 0 Å². The van der Waals surface area contributed by atoms with E-state index in [9.17, 15) is 0 Å². The quantitative estimate of drug-likeness (QED) is 0.869. The van der Waals surface area contributed by atoms with Crippen molar-refractivity contribution in [2.75, 3.05) is 6.61 Å². The maximum atomic E-state index is 5.84. The molecule has 0 aliphatic carbocycles. The molecule has 3 nitrogen and oxygen atoms in total. The zero-order chi connectivity index (χ0) is 12.1. The van der Waals surface area contributed by atoms with E-state index in [1.165, 1.54) is 0 Å². The molecule has 2 heterocycles. The largest absolute Gasteiger partial charge is 0.375 e. The minimum Gasteiger partial charge on any atom is -0.375 e. The van der Waals surface area contributed by atoms with Crippen LogP contribution in [0.15, 0.2) is 24.4 Å². The number of hydrogen-bond donors (Lipinski definition) is 1. The highest BCUT2D eigenvalue weighted by molar-refractivity contribution is 5.03. The molecule has 1 aliphatic heterocycles. The molecule has 1 saturated heterocycles. The molecule has 0 radical (unpaired) electrons. The molecule has 0 saturated carbocycles. The van der Waals surface area contributed by atoms with E-state index in [1.807, 2.05) is 18.3 Å². The normalized spacial score (nSPS) is 29.2. The second-order valence-corrected chi connectivity index (χ2v) is 5.04. The minimum atomic E-state index is 0.0556. The Hall–Kier alpha value is -0.930. The number of pyridine rings is 1. The van der Waals surface area contributed by atoms with Gasteiger partial charge in [0.05, 0.1) is 11.3 Å². The Bertz CT molecular complexity index is 341. The molecule has 1 fully saturated rings. The van der Waals surface area contributed by atoms with Gasteiger partial charge in [-0.1, -0.05) is 13.0 Å². The van der Waals surface area contributed by atoms with Crippen molar-refractivity contribution in [3.8, 4) is 0 Å². The molecule has 0 spiro atoms. The summed E-state index contributed by atoms with van der Waals surface area (Å²) in [7, 11) is 0. The molecule has 1 N–H and O–H groups in total. The van der Waals surface area contributed by atoms with Crippen LogP contribution in [0.1, 0.15) is 38.8 Å². The zero-order valence-corrected chi connectivity index (χ0v) is 10.8. The molecule has 0 aromatic carbocycles. The van der Waals surface area contributed by atoms with Gasteiger partial charge in [0.2, 0.25) is 0 Å². The fourth-order valence-corrected chi connectivity index (χ4v) is 2.30. The lowest BCUT2D eigenvalue weighted by Crippen LogP contribution is -2.44. The van der Waals surface area contributed by atoms with E-state index in [0.717, 1.165) is 38.1 Å². The smallest absolute Gasteiger partial charge is 0.0666 e. The van der Waals surface area contributed by atoms with Gasteiger partial charge < -0.3 is 10.1 Å². The van der Waals surface area contributed by atoms with Gasteiger partial charge in [0.25, 0.3) is 0 Å². The first-order valence-corrected chi connectivity index (χ1v) is 6.49. The molecule has 2 atom stereocenters. The topological polar surface area (TPSA) is 34.2 Å². The van der Waals surface area contributed by atoms with Gasteiger partial charge in [0.1, 0.15) is 0 Å². The highest BCUT2D eigenvalue weighted by Crippen LogP contribution is 2.27. The van der Waals surface area contributed by atoms with E-state index in [0.29, 0.717) is 6.04 Å². The Labute approximate surface area is 104 Å². The summed E-state index contributed by atoms with van der Waals surface area (Å²) in [4.78, 5) is 4.33. The third kappa shape index (κ3) is 3.51. The molecule has 0 bridgehead atoms. The van der Waals surface area contributed by atoms with E-state index in [1.54, 1.807) is 0 Å². The molecule has 3 heteroatoms. The first kappa shape index (κ1) is 12.5. The predicted octanol–water partition coefficient (Wildman–Crippen LogP) is 2.52. The molecular weight excluding hydrogens is 212 g/mol. The summed E-state index contributed by atoms with van der Waals surface area (Å²) in [6.45, 7) is 6.12. The second kappa shape index (κ2) is 5.61. The summed E-state index contributed by atoms with van der Waals surface area (Å²) in [5, 5.41) is 3.58. The van der Waals surface area contributed by atoms with E-state index in [4.69, 9.17) is 4.74 Å². The Morgan fingerprint density at radius 1 is 1.53 bits per heavy atom. The van der Waals surface area contributed by atoms with Crippen LogP contribution in [-0.2, 0) is 11.3 Å². The van der Waals surface area contributed by atoms with E-state index in [-0.39, 0.29) is 5.60 Å². The summed E-state index contributed by atoms with van der Waals surface area (Å²) in [5.74, 6) is 0. The van der Waals surface area contributed by atoms with Gasteiger partial charge in [-0.25, -0.2) is 0 Å². The third-order valence-corrected chi connectivity index (χ3v) is 3.64. The number of rotatable bonds is 4. The van der Waals surface area contributed by atoms with Gasteiger partial charge in [0.15, 0.2) is 0 Å². The van der Waals surface area contributed by atoms with E-state index < -0.39 is 0 Å². The van der Waals surface area contributed by atoms with Crippen molar-refractivity contribution in [2.45, 2.75) is 51.3 Å². The van der Waals surface area contributed by atoms with Crippen LogP contribution in [0.5, 0.6) is 0 Å². The van der Waals surface area contributed by atoms with Crippen molar-refractivity contribution in [3.63, 3.8) is 0 Å². The standard InChI is InChI=1S/C14H22N2O/c1-3-14(2)10-12(7-9-17-14)16-11-13-6-4-5-8-15-13/h4-6,8,12,16H,3,7,9-11H2,1-2H3. The fourth-order valence-electron chi connectivity index (χ4n) is 2.30. The molecule has 1 aliphatic rings. The second-order valence-electron chi connectivity index (χ2n) is 5.04. The van der Waals surface area contributed by atoms with Crippen LogP contribution >= 0.6 is 0 Å². The minimum absolute atomic E-state index is 0.0556. The number of nitrogens with one attached hydrogen (secondary N) is 1. The molecular formula is C14H22N2O. The maximum absolute atomic E-state index is 5.84. The first-order valence-electron chi connectivity index (χ1n) is 6.49. The number of hydrogen-bond acceptors (Lipinski definition) is 3. The maximum Gasteiger partial charge on any atom is 0.0666 e. The van der Waals surface area contributed by atoms with Crippen LogP contribution in [-0.4, -0.2) is 23.2 Å². The summed E-state index contributed by atoms with van der Waals surface area (Å²) >= 11 is 0. The Morgan fingerprint density at radius 2 is 2.41 bits per heavy atom. The molecule has 1 aromatic rings. The van der Waals surface area contributed by atoms with Crippen LogP contribution in [0.25, 0.3) is 0 Å². The van der Waals surface area contributed by atoms with Crippen molar-refractivity contribution >= 4 is 0 Å². The lowest BCUT2D eigenvalue weighted by Gasteiger charge is -2.38. The Morgan fingerprint density at radius 3 is 3.12 bits per heavy atom. The molecule has 2 rings (SSSR count). The van der Waals surface area contributed by atoms with Crippen LogP contribution in [0.3, 0.4) is 0 Å². The third-order valence-electron chi connectivity index (χ3n) is 3.64. The van der Waals surface area contributed by atoms with Gasteiger partial charge in [-0.3, -0.25) is 4.98 Å². The first-order chi connectivity index (χ1) is 8.22. The van der Waals surface area contributed by atoms with Gasteiger partial charge in [-0.15, -0.1) is 0 Å². The van der Waals surface area contributed by atoms with Crippen molar-refractivity contribution in [1.29, 1.82) is 0 Å². The number of nitrogens with zero attached hydrogens (tertiary/aromatic N) is 1. The Kier molecular flexibility index (Phi) is 4.13. The summed E-state index contributed by atoms with van der Waals surface area (Å²) in [6, 6.07) is 6.59. The van der Waals surface area contributed by atoms with E-state index in [2.05, 4.69) is 30.2 Å². The lowest BCUT2D eigenvalue weighted by atomic mass is 9.90. The molecule has 17 heavy (non-hydrogen) atoms. The van der Waals surface area contributed by atoms with Gasteiger partial charge in [-0.05, 0) is 38.3 Å². The highest BCUT2D eigenvalue weighted by Gasteiger charge is 2.31. The van der Waals surface area contributed by atoms with Gasteiger partial charge >= 0.3 is 0 Å². The highest BCUT2D eigenvalue weighted by atomic mass is 16.5. The lowest BCUT2D eigenvalue weighted by molar-refractivity contribution is -0.0781. The average Bonchev–Trinajstić information content (AvgIpc) is 2.38. The number of aromatic nitrogens is 1. The summed E-state index contributed by atoms with van der Waals surface area (Å²) in [5.41, 5.74) is 1.16. The molecule has 2 unspecified atom stereocenters. The van der Waals surface area contributed by atoms with Crippen LogP contribution in [0.2, 0.25) is 0 Å². The summed E-state index contributed by atoms with van der Waals surface area (Å²) < 4.78 is 5.84. The van der Waals surface area contributed by atoms with Crippen molar-refractivity contribution < 1.29 is 4.74 Å². The average molecular weight is 234 g/mol. The summed E-state index contributed by atoms with van der Waals surface area (Å²) in [6.07, 6.45) is 5.12. The molecule has 1 aromatic heterocycles. The van der Waals surface area contributed by atoms with Crippen molar-refractivity contribution in [3.05, 3.63) is 30.1 Å². The molecule has 0 amide bonds. The Balaban J connectivity index is 1.83. The fraction of sp³-hybridized carbons (Fsp3) is 0.643. The number of ether oxygens (including phenoxy) is 1. The SMILES string of the molecule is CCC1(C)CC(NCc2ccccn2)CCO1. The molecule has 94 valence electrons. The monoisotopic (exact) mass is 234 g/mol. The predicted molar refractivity (Wildman–Crippen MR) is 68.7 cm³/mol. The van der Waals surface area contributed by atoms with Crippen LogP contribution in [0.4, 0.5) is 0 Å². The van der Waals surface area contributed by atoms with Gasteiger partial charge in [0, 0.05) is 25.4 Å². The van der Waals surface area contributed by atoms with Crippen LogP contribution < -0.4 is 5.32 Å². The van der Waals surface area contributed by atoms with Crippen molar-refractivity contribution in [1.82, 2.24) is 10.3 Å².